The zero-order valence-corrected chi connectivity index (χ0v) is 12.9. The third-order valence-corrected chi connectivity index (χ3v) is 3.50. The zero-order chi connectivity index (χ0) is 15.4. The molecule has 1 heterocycles. The second-order valence-corrected chi connectivity index (χ2v) is 5.69. The topological polar surface area (TPSA) is 84.3 Å². The van der Waals surface area contributed by atoms with Crippen LogP contribution in [0.4, 0.5) is 0 Å². The number of phenolic OH excluding ortho intramolecular Hbond substituents is 1. The second-order valence-electron chi connectivity index (χ2n) is 4.85. The molecule has 0 bridgehead atoms. The van der Waals surface area contributed by atoms with Crippen LogP contribution in [0, 0.1) is 6.92 Å². The minimum atomic E-state index is -0.285. The molecule has 0 atom stereocenters. The monoisotopic (exact) mass is 307 g/mol. The number of phenols is 1. The van der Waals surface area contributed by atoms with Gasteiger partial charge in [0.15, 0.2) is 0 Å². The highest BCUT2D eigenvalue weighted by atomic mass is 32.1. The van der Waals surface area contributed by atoms with Gasteiger partial charge in [-0.2, -0.15) is 0 Å². The van der Waals surface area contributed by atoms with Gasteiger partial charge in [0.25, 0.3) is 5.91 Å². The second kappa shape index (κ2) is 6.53. The molecule has 1 aromatic heterocycles. The first-order valence-electron chi connectivity index (χ1n) is 6.52. The summed E-state index contributed by atoms with van der Waals surface area (Å²) in [4.78, 5) is 13.0. The van der Waals surface area contributed by atoms with Crippen molar-refractivity contribution in [3.63, 3.8) is 0 Å². The van der Waals surface area contributed by atoms with E-state index in [1.165, 1.54) is 23.7 Å². The molecule has 6 nitrogen and oxygen atoms in total. The van der Waals surface area contributed by atoms with Crippen LogP contribution < -0.4 is 10.1 Å². The molecule has 21 heavy (non-hydrogen) atoms. The lowest BCUT2D eigenvalue weighted by molar-refractivity contribution is 0.0950. The fourth-order valence-corrected chi connectivity index (χ4v) is 2.30. The number of carbonyl (C=O) groups is 1. The number of aromatic hydroxyl groups is 1. The number of hydrogen-bond acceptors (Lipinski definition) is 6. The van der Waals surface area contributed by atoms with E-state index in [-0.39, 0.29) is 17.8 Å². The van der Waals surface area contributed by atoms with Crippen LogP contribution in [0.1, 0.15) is 34.8 Å². The fourth-order valence-electron chi connectivity index (χ4n) is 1.73. The van der Waals surface area contributed by atoms with Crippen LogP contribution in [0.2, 0.25) is 0 Å². The number of ether oxygens (including phenoxy) is 1. The molecular weight excluding hydrogens is 290 g/mol. The Morgan fingerprint density at radius 1 is 1.43 bits per heavy atom. The number of amides is 1. The molecule has 7 heteroatoms. The van der Waals surface area contributed by atoms with Crippen LogP contribution in [0.5, 0.6) is 11.5 Å². The van der Waals surface area contributed by atoms with E-state index in [0.29, 0.717) is 17.9 Å². The minimum absolute atomic E-state index is 0.00561. The van der Waals surface area contributed by atoms with Gasteiger partial charge in [0.05, 0.1) is 23.2 Å². The number of carbonyl (C=O) groups excluding carboxylic acids is 1. The Kier molecular flexibility index (Phi) is 4.74. The van der Waals surface area contributed by atoms with Gasteiger partial charge in [0.2, 0.25) is 0 Å². The minimum Gasteiger partial charge on any atom is -0.508 e. The highest BCUT2D eigenvalue weighted by molar-refractivity contribution is 7.05. The summed E-state index contributed by atoms with van der Waals surface area (Å²) in [5.41, 5.74) is 1.15. The molecule has 0 aliphatic heterocycles. The molecule has 2 N–H and O–H groups in total. The standard InChI is InChI=1S/C14H17N3O3S/c1-8(2)20-12-5-10(4-11(18)6-12)14(19)15-7-13-9(3)16-17-21-13/h4-6,8,18H,7H2,1-3H3,(H,15,19). The zero-order valence-electron chi connectivity index (χ0n) is 12.1. The Labute approximate surface area is 126 Å². The number of benzene rings is 1. The lowest BCUT2D eigenvalue weighted by Gasteiger charge is -2.11. The van der Waals surface area contributed by atoms with Gasteiger partial charge < -0.3 is 15.2 Å². The van der Waals surface area contributed by atoms with Crippen molar-refractivity contribution in [3.8, 4) is 11.5 Å². The molecule has 0 spiro atoms. The van der Waals surface area contributed by atoms with E-state index in [1.807, 2.05) is 20.8 Å². The number of aromatic nitrogens is 2. The van der Waals surface area contributed by atoms with Crippen LogP contribution in [-0.4, -0.2) is 26.7 Å². The molecule has 112 valence electrons. The normalized spacial score (nSPS) is 10.7. The number of nitrogens with one attached hydrogen (secondary N) is 1. The highest BCUT2D eigenvalue weighted by Gasteiger charge is 2.11. The third kappa shape index (κ3) is 4.16. The van der Waals surface area contributed by atoms with E-state index in [1.54, 1.807) is 6.07 Å². The first-order valence-corrected chi connectivity index (χ1v) is 7.30. The SMILES string of the molecule is Cc1nnsc1CNC(=O)c1cc(O)cc(OC(C)C)c1. The molecule has 0 aliphatic carbocycles. The van der Waals surface area contributed by atoms with Crippen molar-refractivity contribution >= 4 is 17.4 Å². The largest absolute Gasteiger partial charge is 0.508 e. The summed E-state index contributed by atoms with van der Waals surface area (Å²) in [5, 5.41) is 16.3. The molecular formula is C14H17N3O3S. The summed E-state index contributed by atoms with van der Waals surface area (Å²) in [6, 6.07) is 4.49. The number of hydrogen-bond donors (Lipinski definition) is 2. The Balaban J connectivity index is 2.08. The van der Waals surface area contributed by atoms with E-state index in [9.17, 15) is 9.90 Å². The molecule has 0 saturated heterocycles. The summed E-state index contributed by atoms with van der Waals surface area (Å²) in [5.74, 6) is 0.173. The lowest BCUT2D eigenvalue weighted by Crippen LogP contribution is -2.22. The Morgan fingerprint density at radius 3 is 2.81 bits per heavy atom. The Bertz CT molecular complexity index is 640. The third-order valence-electron chi connectivity index (χ3n) is 2.68. The van der Waals surface area contributed by atoms with Gasteiger partial charge in [0, 0.05) is 11.6 Å². The first kappa shape index (κ1) is 15.2. The number of aryl methyl sites for hydroxylation is 1. The van der Waals surface area contributed by atoms with Gasteiger partial charge in [-0.05, 0) is 44.4 Å². The van der Waals surface area contributed by atoms with Crippen molar-refractivity contribution in [1.82, 2.24) is 14.9 Å². The molecule has 0 fully saturated rings. The maximum absolute atomic E-state index is 12.1. The first-order chi connectivity index (χ1) is 9.95. The molecule has 0 radical (unpaired) electrons. The van der Waals surface area contributed by atoms with Gasteiger partial charge >= 0.3 is 0 Å². The van der Waals surface area contributed by atoms with E-state index in [0.717, 1.165) is 10.6 Å². The van der Waals surface area contributed by atoms with Crippen LogP contribution in [0.15, 0.2) is 18.2 Å². The summed E-state index contributed by atoms with van der Waals surface area (Å²) in [6.07, 6.45) is -0.0337. The van der Waals surface area contributed by atoms with Gasteiger partial charge in [-0.25, -0.2) is 0 Å². The van der Waals surface area contributed by atoms with Crippen molar-refractivity contribution in [3.05, 3.63) is 34.3 Å². The van der Waals surface area contributed by atoms with Crippen LogP contribution in [0.25, 0.3) is 0 Å². The van der Waals surface area contributed by atoms with Gasteiger partial charge in [0.1, 0.15) is 11.5 Å². The summed E-state index contributed by atoms with van der Waals surface area (Å²) >= 11 is 1.25. The predicted octanol–water partition coefficient (Wildman–Crippen LogP) is 2.27. The number of rotatable bonds is 5. The van der Waals surface area contributed by atoms with Gasteiger partial charge in [-0.3, -0.25) is 4.79 Å². The molecule has 2 aromatic rings. The van der Waals surface area contributed by atoms with Gasteiger partial charge in [-0.1, -0.05) is 4.49 Å². The quantitative estimate of drug-likeness (QED) is 0.885. The van der Waals surface area contributed by atoms with Crippen LogP contribution in [0.3, 0.4) is 0 Å². The molecule has 1 aromatic carbocycles. The average Bonchev–Trinajstić information content (AvgIpc) is 2.80. The smallest absolute Gasteiger partial charge is 0.251 e. The van der Waals surface area contributed by atoms with E-state index in [2.05, 4.69) is 14.9 Å². The van der Waals surface area contributed by atoms with Gasteiger partial charge in [-0.15, -0.1) is 5.10 Å². The molecule has 0 unspecified atom stereocenters. The van der Waals surface area contributed by atoms with Crippen LogP contribution >= 0.6 is 11.5 Å². The Morgan fingerprint density at radius 2 is 2.19 bits per heavy atom. The van der Waals surface area contributed by atoms with E-state index >= 15 is 0 Å². The van der Waals surface area contributed by atoms with Crippen molar-refractivity contribution < 1.29 is 14.6 Å². The van der Waals surface area contributed by atoms with E-state index < -0.39 is 0 Å². The van der Waals surface area contributed by atoms with Crippen LogP contribution in [-0.2, 0) is 6.54 Å². The summed E-state index contributed by atoms with van der Waals surface area (Å²) in [6.45, 7) is 5.96. The Hall–Kier alpha value is -2.15. The lowest BCUT2D eigenvalue weighted by atomic mass is 10.2. The number of nitrogens with zero attached hydrogens (tertiary/aromatic N) is 2. The van der Waals surface area contributed by atoms with E-state index in [4.69, 9.17) is 4.74 Å². The van der Waals surface area contributed by atoms with Crippen molar-refractivity contribution in [2.75, 3.05) is 0 Å². The molecule has 1 amide bonds. The average molecular weight is 307 g/mol. The molecule has 0 saturated carbocycles. The highest BCUT2D eigenvalue weighted by Crippen LogP contribution is 2.23. The predicted molar refractivity (Wildman–Crippen MR) is 79.7 cm³/mol. The van der Waals surface area contributed by atoms with Crippen molar-refractivity contribution in [2.24, 2.45) is 0 Å². The molecule has 0 aliphatic rings. The summed E-state index contributed by atoms with van der Waals surface area (Å²) in [7, 11) is 0. The fraction of sp³-hybridized carbons (Fsp3) is 0.357. The summed E-state index contributed by atoms with van der Waals surface area (Å²) < 4.78 is 9.31. The maximum atomic E-state index is 12.1. The van der Waals surface area contributed by atoms with Crippen molar-refractivity contribution in [1.29, 1.82) is 0 Å². The van der Waals surface area contributed by atoms with Crippen molar-refractivity contribution in [2.45, 2.75) is 33.4 Å². The maximum Gasteiger partial charge on any atom is 0.251 e. The molecule has 2 rings (SSSR count).